The van der Waals surface area contributed by atoms with Gasteiger partial charge in [0.15, 0.2) is 5.82 Å². The predicted molar refractivity (Wildman–Crippen MR) is 95.6 cm³/mol. The fraction of sp³-hybridized carbons (Fsp3) is 0.588. The minimum atomic E-state index is -0.0188. The van der Waals surface area contributed by atoms with Crippen molar-refractivity contribution in [1.29, 1.82) is 0 Å². The second-order valence-electron chi connectivity index (χ2n) is 6.77. The molecule has 0 aromatic carbocycles. The first-order valence-electron chi connectivity index (χ1n) is 8.65. The van der Waals surface area contributed by atoms with Gasteiger partial charge in [-0.2, -0.15) is 0 Å². The van der Waals surface area contributed by atoms with Gasteiger partial charge in [-0.15, -0.1) is 11.3 Å². The number of hydrogen-bond donors (Lipinski definition) is 1. The van der Waals surface area contributed by atoms with E-state index in [9.17, 15) is 4.79 Å². The molecule has 1 aliphatic carbocycles. The van der Waals surface area contributed by atoms with Crippen molar-refractivity contribution < 1.29 is 0 Å². The van der Waals surface area contributed by atoms with Crippen molar-refractivity contribution >= 4 is 17.2 Å². The van der Waals surface area contributed by atoms with E-state index in [1.807, 2.05) is 17.5 Å². The van der Waals surface area contributed by atoms with Crippen LogP contribution >= 0.6 is 11.3 Å². The molecule has 128 valence electrons. The molecule has 2 aliphatic rings. The summed E-state index contributed by atoms with van der Waals surface area (Å²) in [6.45, 7) is 2.60. The second kappa shape index (κ2) is 6.64. The van der Waals surface area contributed by atoms with Crippen LogP contribution in [0.15, 0.2) is 23.4 Å². The van der Waals surface area contributed by atoms with Gasteiger partial charge in [-0.25, -0.2) is 9.97 Å². The third-order valence-electron chi connectivity index (χ3n) is 4.78. The third-order valence-corrected chi connectivity index (χ3v) is 5.94. The molecule has 6 nitrogen and oxygen atoms in total. The van der Waals surface area contributed by atoms with Gasteiger partial charge in [0.2, 0.25) is 0 Å². The molecule has 0 spiro atoms. The van der Waals surface area contributed by atoms with Crippen molar-refractivity contribution in [2.45, 2.75) is 44.2 Å². The Morgan fingerprint density at radius 2 is 2.21 bits per heavy atom. The highest BCUT2D eigenvalue weighted by Crippen LogP contribution is 2.41. The molecule has 2 fully saturated rings. The van der Waals surface area contributed by atoms with Crippen LogP contribution in [0.25, 0.3) is 0 Å². The Bertz CT molecular complexity index is 766. The number of rotatable bonds is 5. The summed E-state index contributed by atoms with van der Waals surface area (Å²) < 4.78 is 1.59. The average molecular weight is 345 g/mol. The Hall–Kier alpha value is -1.73. The molecule has 0 bridgehead atoms. The van der Waals surface area contributed by atoms with Crippen LogP contribution in [0.1, 0.15) is 41.5 Å². The van der Waals surface area contributed by atoms with E-state index in [1.165, 1.54) is 22.7 Å². The van der Waals surface area contributed by atoms with Crippen molar-refractivity contribution in [3.8, 4) is 0 Å². The lowest BCUT2D eigenvalue weighted by atomic mass is 10.1. The number of nitrogens with one attached hydrogen (secondary N) is 1. The summed E-state index contributed by atoms with van der Waals surface area (Å²) in [5.41, 5.74) is -0.0188. The van der Waals surface area contributed by atoms with Crippen LogP contribution in [-0.2, 0) is 13.6 Å². The van der Waals surface area contributed by atoms with Crippen molar-refractivity contribution in [3.63, 3.8) is 0 Å². The topological polar surface area (TPSA) is 63.1 Å². The van der Waals surface area contributed by atoms with Crippen LogP contribution in [0.3, 0.4) is 0 Å². The second-order valence-corrected chi connectivity index (χ2v) is 7.92. The number of piperidine rings is 1. The Morgan fingerprint density at radius 3 is 3.04 bits per heavy atom. The molecule has 3 heterocycles. The number of nitrogens with zero attached hydrogens (tertiary/aromatic N) is 4. The molecule has 24 heavy (non-hydrogen) atoms. The van der Waals surface area contributed by atoms with Gasteiger partial charge >= 0.3 is 0 Å². The molecule has 0 unspecified atom stereocenters. The summed E-state index contributed by atoms with van der Waals surface area (Å²) in [6.07, 6.45) is 10.2. The molecule has 1 N–H and O–H groups in total. The molecule has 0 amide bonds. The molecule has 2 aromatic rings. The Morgan fingerprint density at radius 1 is 1.33 bits per heavy atom. The van der Waals surface area contributed by atoms with E-state index >= 15 is 0 Å². The van der Waals surface area contributed by atoms with Gasteiger partial charge in [-0.1, -0.05) is 0 Å². The van der Waals surface area contributed by atoms with Gasteiger partial charge in [-0.05, 0) is 25.7 Å². The van der Waals surface area contributed by atoms with Crippen molar-refractivity contribution in [2.75, 3.05) is 18.0 Å². The third kappa shape index (κ3) is 3.37. The first-order valence-corrected chi connectivity index (χ1v) is 9.47. The molecule has 1 aliphatic heterocycles. The summed E-state index contributed by atoms with van der Waals surface area (Å²) in [6, 6.07) is 0.386. The predicted octanol–water partition coefficient (Wildman–Crippen LogP) is 1.87. The van der Waals surface area contributed by atoms with E-state index in [-0.39, 0.29) is 5.56 Å². The Kier molecular flexibility index (Phi) is 4.37. The largest absolute Gasteiger partial charge is 0.350 e. The number of anilines is 1. The van der Waals surface area contributed by atoms with E-state index in [2.05, 4.69) is 20.2 Å². The lowest BCUT2D eigenvalue weighted by molar-refractivity contribution is 0.420. The van der Waals surface area contributed by atoms with Crippen molar-refractivity contribution in [2.24, 2.45) is 7.05 Å². The zero-order valence-corrected chi connectivity index (χ0v) is 14.8. The maximum atomic E-state index is 12.3. The van der Waals surface area contributed by atoms with E-state index in [0.717, 1.165) is 38.4 Å². The highest BCUT2D eigenvalue weighted by Gasteiger charge is 2.27. The van der Waals surface area contributed by atoms with Crippen LogP contribution in [0.4, 0.5) is 5.82 Å². The average Bonchev–Trinajstić information content (AvgIpc) is 3.34. The monoisotopic (exact) mass is 345 g/mol. The summed E-state index contributed by atoms with van der Waals surface area (Å²) in [4.78, 5) is 24.5. The smallest absolute Gasteiger partial charge is 0.293 e. The summed E-state index contributed by atoms with van der Waals surface area (Å²) in [5.74, 6) is 1.30. The summed E-state index contributed by atoms with van der Waals surface area (Å²) in [5, 5.41) is 4.94. The molecule has 4 rings (SSSR count). The van der Waals surface area contributed by atoms with Crippen LogP contribution in [0.2, 0.25) is 0 Å². The number of thiazole rings is 1. The maximum absolute atomic E-state index is 12.3. The first-order chi connectivity index (χ1) is 11.7. The van der Waals surface area contributed by atoms with Gasteiger partial charge in [-0.3, -0.25) is 4.79 Å². The minimum Gasteiger partial charge on any atom is -0.350 e. The number of aryl methyl sites for hydroxylation is 1. The van der Waals surface area contributed by atoms with Crippen molar-refractivity contribution in [3.05, 3.63) is 38.8 Å². The lowest BCUT2D eigenvalue weighted by Crippen LogP contribution is -2.47. The van der Waals surface area contributed by atoms with Gasteiger partial charge in [0.1, 0.15) is 0 Å². The highest BCUT2D eigenvalue weighted by atomic mass is 32.1. The molecule has 1 saturated heterocycles. The SMILES string of the molecule is Cn1ccnc(N2CCC[C@H](NCc3cnc(C4CC4)s3)C2)c1=O. The fourth-order valence-electron chi connectivity index (χ4n) is 3.21. The highest BCUT2D eigenvalue weighted by molar-refractivity contribution is 7.11. The van der Waals surface area contributed by atoms with Gasteiger partial charge in [0, 0.05) is 62.1 Å². The van der Waals surface area contributed by atoms with Gasteiger partial charge in [0.05, 0.1) is 5.01 Å². The van der Waals surface area contributed by atoms with Gasteiger partial charge in [0.25, 0.3) is 5.56 Å². The Balaban J connectivity index is 1.37. The number of aromatic nitrogens is 3. The van der Waals surface area contributed by atoms with Crippen LogP contribution < -0.4 is 15.8 Å². The van der Waals surface area contributed by atoms with E-state index in [0.29, 0.717) is 11.9 Å². The van der Waals surface area contributed by atoms with Gasteiger partial charge < -0.3 is 14.8 Å². The van der Waals surface area contributed by atoms with E-state index in [1.54, 1.807) is 24.0 Å². The Labute approximate surface area is 145 Å². The molecular formula is C17H23N5OS. The zero-order valence-electron chi connectivity index (χ0n) is 13.9. The fourth-order valence-corrected chi connectivity index (χ4v) is 4.24. The molecule has 1 saturated carbocycles. The zero-order chi connectivity index (χ0) is 16.5. The standard InChI is InChI=1S/C17H23N5OS/c1-21-8-6-18-15(17(21)23)22-7-2-3-13(11-22)19-9-14-10-20-16(24-14)12-4-5-12/h6,8,10,12-13,19H,2-5,7,9,11H2,1H3/t13-/m0/s1. The summed E-state index contributed by atoms with van der Waals surface area (Å²) in [7, 11) is 1.77. The normalized spacial score (nSPS) is 21.2. The lowest BCUT2D eigenvalue weighted by Gasteiger charge is -2.33. The minimum absolute atomic E-state index is 0.0188. The van der Waals surface area contributed by atoms with Crippen LogP contribution in [0.5, 0.6) is 0 Å². The maximum Gasteiger partial charge on any atom is 0.293 e. The summed E-state index contributed by atoms with van der Waals surface area (Å²) >= 11 is 1.84. The van der Waals surface area contributed by atoms with Crippen LogP contribution in [0, 0.1) is 0 Å². The molecule has 2 aromatic heterocycles. The molecule has 1 atom stereocenters. The molecule has 0 radical (unpaired) electrons. The quantitative estimate of drug-likeness (QED) is 0.896. The molecular weight excluding hydrogens is 322 g/mol. The molecule has 7 heteroatoms. The first kappa shape index (κ1) is 15.8. The van der Waals surface area contributed by atoms with E-state index in [4.69, 9.17) is 0 Å². The van der Waals surface area contributed by atoms with Crippen molar-refractivity contribution in [1.82, 2.24) is 19.9 Å². The van der Waals surface area contributed by atoms with Crippen LogP contribution in [-0.4, -0.2) is 33.7 Å². The van der Waals surface area contributed by atoms with E-state index < -0.39 is 0 Å². The number of hydrogen-bond acceptors (Lipinski definition) is 6.